The second-order valence-corrected chi connectivity index (χ2v) is 3.14. The Morgan fingerprint density at radius 1 is 1.33 bits per heavy atom. The number of amides is 1. The van der Waals surface area contributed by atoms with E-state index in [0.717, 1.165) is 17.9 Å². The lowest BCUT2D eigenvalue weighted by molar-refractivity contribution is -0.114. The number of nitrogens with one attached hydrogen (secondary N) is 2. The quantitative estimate of drug-likeness (QED) is 0.579. The Labute approximate surface area is 89.9 Å². The van der Waals surface area contributed by atoms with E-state index in [4.69, 9.17) is 6.42 Å². The summed E-state index contributed by atoms with van der Waals surface area (Å²) in [5.41, 5.74) is 1.80. The van der Waals surface area contributed by atoms with Crippen LogP contribution in [0.3, 0.4) is 0 Å². The molecule has 0 bridgehead atoms. The van der Waals surface area contributed by atoms with Crippen molar-refractivity contribution in [3.05, 3.63) is 24.3 Å². The lowest BCUT2D eigenvalue weighted by Crippen LogP contribution is -2.06. The first-order valence-electron chi connectivity index (χ1n) is 4.77. The Bertz CT molecular complexity index is 362. The van der Waals surface area contributed by atoms with Crippen LogP contribution in [-0.4, -0.2) is 12.5 Å². The van der Waals surface area contributed by atoms with Gasteiger partial charge in [0.15, 0.2) is 0 Å². The molecular weight excluding hydrogens is 188 g/mol. The molecule has 0 saturated carbocycles. The van der Waals surface area contributed by atoms with Crippen LogP contribution in [0.5, 0.6) is 0 Å². The lowest BCUT2D eigenvalue weighted by atomic mass is 10.2. The van der Waals surface area contributed by atoms with Gasteiger partial charge >= 0.3 is 0 Å². The topological polar surface area (TPSA) is 41.1 Å². The fourth-order valence-electron chi connectivity index (χ4n) is 1.15. The van der Waals surface area contributed by atoms with E-state index < -0.39 is 0 Å². The van der Waals surface area contributed by atoms with Gasteiger partial charge in [-0.2, -0.15) is 0 Å². The fraction of sp³-hybridized carbons (Fsp3) is 0.250. The third kappa shape index (κ3) is 4.19. The minimum atomic E-state index is -0.0666. The third-order valence-corrected chi connectivity index (χ3v) is 1.80. The van der Waals surface area contributed by atoms with Crippen LogP contribution in [0.25, 0.3) is 0 Å². The molecular formula is C12H14N2O. The van der Waals surface area contributed by atoms with E-state index in [1.165, 1.54) is 6.92 Å². The van der Waals surface area contributed by atoms with E-state index in [2.05, 4.69) is 16.6 Å². The Balaban J connectivity index is 2.49. The van der Waals surface area contributed by atoms with Crippen molar-refractivity contribution in [3.63, 3.8) is 0 Å². The minimum absolute atomic E-state index is 0.0666. The summed E-state index contributed by atoms with van der Waals surface area (Å²) in [4.78, 5) is 10.8. The van der Waals surface area contributed by atoms with Crippen molar-refractivity contribution < 1.29 is 4.79 Å². The van der Waals surface area contributed by atoms with E-state index in [1.54, 1.807) is 0 Å². The highest BCUT2D eigenvalue weighted by molar-refractivity contribution is 5.88. The number of anilines is 2. The van der Waals surface area contributed by atoms with E-state index in [9.17, 15) is 4.79 Å². The van der Waals surface area contributed by atoms with Crippen molar-refractivity contribution in [2.75, 3.05) is 17.2 Å². The molecule has 0 aromatic heterocycles. The van der Waals surface area contributed by atoms with Gasteiger partial charge in [-0.15, -0.1) is 12.3 Å². The molecule has 0 spiro atoms. The molecule has 1 aromatic rings. The zero-order valence-corrected chi connectivity index (χ0v) is 8.71. The zero-order chi connectivity index (χ0) is 11.1. The maximum atomic E-state index is 10.8. The molecule has 1 amide bonds. The lowest BCUT2D eigenvalue weighted by Gasteiger charge is -2.06. The third-order valence-electron chi connectivity index (χ3n) is 1.80. The number of carbonyl (C=O) groups is 1. The molecule has 0 atom stereocenters. The molecule has 0 aliphatic carbocycles. The van der Waals surface area contributed by atoms with Crippen LogP contribution in [0.2, 0.25) is 0 Å². The van der Waals surface area contributed by atoms with Gasteiger partial charge in [0.2, 0.25) is 5.91 Å². The van der Waals surface area contributed by atoms with Crippen LogP contribution < -0.4 is 10.6 Å². The Morgan fingerprint density at radius 3 is 2.47 bits per heavy atom. The summed E-state index contributed by atoms with van der Waals surface area (Å²) in [7, 11) is 0. The highest BCUT2D eigenvalue weighted by atomic mass is 16.1. The van der Waals surface area contributed by atoms with Crippen molar-refractivity contribution in [2.24, 2.45) is 0 Å². The first kappa shape index (κ1) is 11.1. The standard InChI is InChI=1S/C12H14N2O/c1-3-4-9-13-11-5-7-12(8-6-11)14-10(2)15/h1,5-8,13H,4,9H2,2H3,(H,14,15). The molecule has 0 saturated heterocycles. The summed E-state index contributed by atoms with van der Waals surface area (Å²) in [6, 6.07) is 7.50. The maximum absolute atomic E-state index is 10.8. The SMILES string of the molecule is C#CCCNc1ccc(NC(C)=O)cc1. The molecule has 15 heavy (non-hydrogen) atoms. The van der Waals surface area contributed by atoms with Crippen molar-refractivity contribution in [2.45, 2.75) is 13.3 Å². The van der Waals surface area contributed by atoms with Crippen LogP contribution in [0.1, 0.15) is 13.3 Å². The number of rotatable bonds is 4. The molecule has 3 heteroatoms. The molecule has 0 aliphatic heterocycles. The maximum Gasteiger partial charge on any atom is 0.221 e. The number of hydrogen-bond donors (Lipinski definition) is 2. The number of terminal acetylenes is 1. The van der Waals surface area contributed by atoms with Gasteiger partial charge in [0.25, 0.3) is 0 Å². The zero-order valence-electron chi connectivity index (χ0n) is 8.71. The fourth-order valence-corrected chi connectivity index (χ4v) is 1.15. The predicted octanol–water partition coefficient (Wildman–Crippen LogP) is 2.08. The van der Waals surface area contributed by atoms with Crippen LogP contribution >= 0.6 is 0 Å². The first-order valence-corrected chi connectivity index (χ1v) is 4.77. The molecule has 0 unspecified atom stereocenters. The van der Waals surface area contributed by atoms with Crippen LogP contribution in [0.4, 0.5) is 11.4 Å². The second kappa shape index (κ2) is 5.71. The summed E-state index contributed by atoms with van der Waals surface area (Å²) in [5, 5.41) is 5.87. The summed E-state index contributed by atoms with van der Waals surface area (Å²) in [5.74, 6) is 2.49. The van der Waals surface area contributed by atoms with E-state index >= 15 is 0 Å². The van der Waals surface area contributed by atoms with Crippen LogP contribution in [-0.2, 0) is 4.79 Å². The monoisotopic (exact) mass is 202 g/mol. The van der Waals surface area contributed by atoms with Crippen LogP contribution in [0, 0.1) is 12.3 Å². The molecule has 1 rings (SSSR count). The van der Waals surface area contributed by atoms with Gasteiger partial charge in [0.1, 0.15) is 0 Å². The number of hydrogen-bond acceptors (Lipinski definition) is 2. The summed E-state index contributed by atoms with van der Waals surface area (Å²) < 4.78 is 0. The van der Waals surface area contributed by atoms with E-state index in [1.807, 2.05) is 24.3 Å². The summed E-state index contributed by atoms with van der Waals surface area (Å²) in [6.07, 6.45) is 5.84. The molecule has 0 fully saturated rings. The van der Waals surface area contributed by atoms with Gasteiger partial charge < -0.3 is 10.6 Å². The molecule has 1 aromatic carbocycles. The molecule has 2 N–H and O–H groups in total. The number of benzene rings is 1. The smallest absolute Gasteiger partial charge is 0.221 e. The molecule has 78 valence electrons. The predicted molar refractivity (Wildman–Crippen MR) is 62.7 cm³/mol. The Kier molecular flexibility index (Phi) is 4.24. The van der Waals surface area contributed by atoms with Gasteiger partial charge in [0, 0.05) is 31.3 Å². The average Bonchev–Trinajstić information content (AvgIpc) is 2.20. The molecule has 0 aliphatic rings. The van der Waals surface area contributed by atoms with Crippen molar-refractivity contribution >= 4 is 17.3 Å². The molecule has 0 heterocycles. The normalized spacial score (nSPS) is 9.07. The van der Waals surface area contributed by atoms with Crippen molar-refractivity contribution in [3.8, 4) is 12.3 Å². The van der Waals surface area contributed by atoms with Gasteiger partial charge in [-0.1, -0.05) is 0 Å². The molecule has 0 radical (unpaired) electrons. The second-order valence-electron chi connectivity index (χ2n) is 3.14. The first-order chi connectivity index (χ1) is 7.22. The van der Waals surface area contributed by atoms with Gasteiger partial charge in [-0.3, -0.25) is 4.79 Å². The van der Waals surface area contributed by atoms with Gasteiger partial charge in [0.05, 0.1) is 0 Å². The number of carbonyl (C=O) groups excluding carboxylic acids is 1. The van der Waals surface area contributed by atoms with E-state index in [0.29, 0.717) is 6.42 Å². The van der Waals surface area contributed by atoms with Crippen molar-refractivity contribution in [1.29, 1.82) is 0 Å². The highest BCUT2D eigenvalue weighted by Gasteiger charge is 1.95. The van der Waals surface area contributed by atoms with E-state index in [-0.39, 0.29) is 5.91 Å². The van der Waals surface area contributed by atoms with Crippen LogP contribution in [0.15, 0.2) is 24.3 Å². The van der Waals surface area contributed by atoms with Gasteiger partial charge in [-0.05, 0) is 24.3 Å². The van der Waals surface area contributed by atoms with Gasteiger partial charge in [-0.25, -0.2) is 0 Å². The minimum Gasteiger partial charge on any atom is -0.384 e. The Hall–Kier alpha value is -1.95. The Morgan fingerprint density at radius 2 is 1.93 bits per heavy atom. The largest absolute Gasteiger partial charge is 0.384 e. The average molecular weight is 202 g/mol. The summed E-state index contributed by atoms with van der Waals surface area (Å²) >= 11 is 0. The summed E-state index contributed by atoms with van der Waals surface area (Å²) in [6.45, 7) is 2.25. The highest BCUT2D eigenvalue weighted by Crippen LogP contribution is 2.13. The molecule has 3 nitrogen and oxygen atoms in total. The van der Waals surface area contributed by atoms with Crippen molar-refractivity contribution in [1.82, 2.24) is 0 Å².